The van der Waals surface area contributed by atoms with E-state index < -0.39 is 0 Å². The zero-order valence-corrected chi connectivity index (χ0v) is 17.7. The summed E-state index contributed by atoms with van der Waals surface area (Å²) >= 11 is 4.92. The van der Waals surface area contributed by atoms with Crippen LogP contribution in [0.1, 0.15) is 18.4 Å². The molecule has 0 bridgehead atoms. The third-order valence-corrected chi connectivity index (χ3v) is 6.06. The molecule has 0 saturated heterocycles. The maximum atomic E-state index is 12.1. The molecule has 0 radical (unpaired) electrons. The van der Waals surface area contributed by atoms with Gasteiger partial charge in [-0.2, -0.15) is 0 Å². The van der Waals surface area contributed by atoms with Crippen molar-refractivity contribution in [2.45, 2.75) is 37.0 Å². The van der Waals surface area contributed by atoms with E-state index in [-0.39, 0.29) is 5.91 Å². The lowest BCUT2D eigenvalue weighted by Crippen LogP contribution is -2.27. The molecule has 0 aliphatic heterocycles. The minimum atomic E-state index is 0.0651. The van der Waals surface area contributed by atoms with E-state index in [9.17, 15) is 4.79 Å². The molecule has 1 N–H and O–H groups in total. The zero-order chi connectivity index (χ0) is 19.3. The highest BCUT2D eigenvalue weighted by Gasteiger charge is 2.23. The molecule has 1 aliphatic rings. The van der Waals surface area contributed by atoms with Crippen LogP contribution >= 0.6 is 27.7 Å². The molecule has 5 nitrogen and oxygen atoms in total. The van der Waals surface area contributed by atoms with Gasteiger partial charge in [-0.05, 0) is 37.0 Å². The van der Waals surface area contributed by atoms with Crippen molar-refractivity contribution in [3.8, 4) is 11.4 Å². The average molecular weight is 457 g/mol. The third-order valence-electron chi connectivity index (χ3n) is 4.56. The summed E-state index contributed by atoms with van der Waals surface area (Å²) in [6.07, 6.45) is 3.07. The summed E-state index contributed by atoms with van der Waals surface area (Å²) in [5.74, 6) is 1.25. The van der Waals surface area contributed by atoms with Gasteiger partial charge >= 0.3 is 0 Å². The van der Waals surface area contributed by atoms with Gasteiger partial charge in [0.25, 0.3) is 0 Å². The molecular formula is C21H21BrN4OS. The van der Waals surface area contributed by atoms with Gasteiger partial charge in [-0.3, -0.25) is 4.79 Å². The van der Waals surface area contributed by atoms with Crippen molar-refractivity contribution in [3.63, 3.8) is 0 Å². The first-order valence-corrected chi connectivity index (χ1v) is 11.1. The average Bonchev–Trinajstić information content (AvgIpc) is 3.43. The molecule has 1 heterocycles. The highest BCUT2D eigenvalue weighted by atomic mass is 79.9. The Kier molecular flexibility index (Phi) is 6.12. The molecule has 28 heavy (non-hydrogen) atoms. The van der Waals surface area contributed by atoms with Crippen LogP contribution in [0.2, 0.25) is 0 Å². The van der Waals surface area contributed by atoms with E-state index in [0.29, 0.717) is 11.8 Å². The second-order valence-electron chi connectivity index (χ2n) is 6.83. The number of benzene rings is 2. The predicted octanol–water partition coefficient (Wildman–Crippen LogP) is 4.32. The van der Waals surface area contributed by atoms with Crippen LogP contribution in [0.5, 0.6) is 0 Å². The van der Waals surface area contributed by atoms with Crippen molar-refractivity contribution in [2.24, 2.45) is 0 Å². The third kappa shape index (κ3) is 5.02. The molecule has 1 aliphatic carbocycles. The summed E-state index contributed by atoms with van der Waals surface area (Å²) in [6.45, 7) is 0.759. The number of halogens is 1. The fourth-order valence-electron chi connectivity index (χ4n) is 2.92. The quantitative estimate of drug-likeness (QED) is 0.512. The van der Waals surface area contributed by atoms with Gasteiger partial charge in [0, 0.05) is 22.6 Å². The first-order valence-electron chi connectivity index (χ1n) is 9.34. The number of carbonyl (C=O) groups is 1. The molecule has 3 aromatic rings. The maximum Gasteiger partial charge on any atom is 0.230 e. The number of nitrogens with one attached hydrogen (secondary N) is 1. The lowest BCUT2D eigenvalue weighted by Gasteiger charge is -2.11. The summed E-state index contributed by atoms with van der Waals surface area (Å²) in [4.78, 5) is 12.1. The zero-order valence-electron chi connectivity index (χ0n) is 15.3. The van der Waals surface area contributed by atoms with E-state index in [0.717, 1.165) is 46.8 Å². The molecule has 0 spiro atoms. The summed E-state index contributed by atoms with van der Waals surface area (Å²) in [7, 11) is 0. The monoisotopic (exact) mass is 456 g/mol. The first kappa shape index (κ1) is 19.2. The molecule has 4 rings (SSSR count). The number of thioether (sulfide) groups is 1. The van der Waals surface area contributed by atoms with E-state index in [1.807, 2.05) is 30.3 Å². The summed E-state index contributed by atoms with van der Waals surface area (Å²) in [5, 5.41) is 12.6. The highest BCUT2D eigenvalue weighted by molar-refractivity contribution is 9.10. The molecule has 1 aromatic heterocycles. The second-order valence-corrected chi connectivity index (χ2v) is 8.69. The molecular weight excluding hydrogens is 436 g/mol. The lowest BCUT2D eigenvalue weighted by molar-refractivity contribution is -0.118. The van der Waals surface area contributed by atoms with Crippen LogP contribution in [0.25, 0.3) is 11.4 Å². The van der Waals surface area contributed by atoms with Gasteiger partial charge in [0.2, 0.25) is 5.91 Å². The summed E-state index contributed by atoms with van der Waals surface area (Å²) in [6, 6.07) is 18.8. The van der Waals surface area contributed by atoms with Crippen molar-refractivity contribution in [1.29, 1.82) is 0 Å². The van der Waals surface area contributed by atoms with Crippen LogP contribution in [-0.2, 0) is 17.8 Å². The molecule has 1 fully saturated rings. The van der Waals surface area contributed by atoms with Crippen LogP contribution in [-0.4, -0.2) is 32.5 Å². The Hall–Kier alpha value is -2.12. The number of hydrogen-bond acceptors (Lipinski definition) is 4. The molecule has 7 heteroatoms. The number of aromatic nitrogens is 3. The smallest absolute Gasteiger partial charge is 0.230 e. The number of amides is 1. The standard InChI is InChI=1S/C21H21BrN4OS/c22-17-8-6-16(7-9-17)20-24-25-21(28-14-19(27)23-18-10-11-18)26(20)13-12-15-4-2-1-3-5-15/h1-9,18H,10-14H2,(H,23,27). The van der Waals surface area contributed by atoms with Gasteiger partial charge in [-0.15, -0.1) is 10.2 Å². The van der Waals surface area contributed by atoms with Crippen LogP contribution in [0.15, 0.2) is 64.2 Å². The van der Waals surface area contributed by atoms with Crippen LogP contribution in [0, 0.1) is 0 Å². The number of hydrogen-bond donors (Lipinski definition) is 1. The Bertz CT molecular complexity index is 939. The number of aryl methyl sites for hydroxylation is 1. The maximum absolute atomic E-state index is 12.1. The van der Waals surface area contributed by atoms with Gasteiger partial charge in [-0.1, -0.05) is 70.2 Å². The second kappa shape index (κ2) is 8.92. The predicted molar refractivity (Wildman–Crippen MR) is 115 cm³/mol. The number of carbonyl (C=O) groups excluding carboxylic acids is 1. The van der Waals surface area contributed by atoms with Gasteiger partial charge < -0.3 is 9.88 Å². The van der Waals surface area contributed by atoms with Crippen LogP contribution in [0.3, 0.4) is 0 Å². The Morgan fingerprint density at radius 3 is 2.57 bits per heavy atom. The van der Waals surface area contributed by atoms with Gasteiger partial charge in [-0.25, -0.2) is 0 Å². The van der Waals surface area contributed by atoms with Crippen LogP contribution < -0.4 is 5.32 Å². The van der Waals surface area contributed by atoms with Crippen LogP contribution in [0.4, 0.5) is 0 Å². The van der Waals surface area contributed by atoms with Crippen molar-refractivity contribution in [1.82, 2.24) is 20.1 Å². The van der Waals surface area contributed by atoms with E-state index in [1.165, 1.54) is 17.3 Å². The molecule has 0 unspecified atom stereocenters. The summed E-state index contributed by atoms with van der Waals surface area (Å²) in [5.41, 5.74) is 2.28. The van der Waals surface area contributed by atoms with Gasteiger partial charge in [0.15, 0.2) is 11.0 Å². The Labute approximate surface area is 177 Å². The van der Waals surface area contributed by atoms with Crippen molar-refractivity contribution in [2.75, 3.05) is 5.75 Å². The van der Waals surface area contributed by atoms with Gasteiger partial charge in [0.1, 0.15) is 0 Å². The van der Waals surface area contributed by atoms with E-state index in [1.54, 1.807) is 0 Å². The van der Waals surface area contributed by atoms with Crippen molar-refractivity contribution in [3.05, 3.63) is 64.6 Å². The number of rotatable bonds is 8. The molecule has 0 atom stereocenters. The minimum Gasteiger partial charge on any atom is -0.353 e. The van der Waals surface area contributed by atoms with E-state index in [4.69, 9.17) is 0 Å². The number of nitrogens with zero attached hydrogens (tertiary/aromatic N) is 3. The van der Waals surface area contributed by atoms with Crippen molar-refractivity contribution < 1.29 is 4.79 Å². The Morgan fingerprint density at radius 2 is 1.86 bits per heavy atom. The van der Waals surface area contributed by atoms with Gasteiger partial charge in [0.05, 0.1) is 5.75 Å². The van der Waals surface area contributed by atoms with Crippen molar-refractivity contribution >= 4 is 33.6 Å². The highest BCUT2D eigenvalue weighted by Crippen LogP contribution is 2.26. The first-order chi connectivity index (χ1) is 13.7. The molecule has 1 amide bonds. The minimum absolute atomic E-state index is 0.0651. The topological polar surface area (TPSA) is 59.8 Å². The SMILES string of the molecule is O=C(CSc1nnc(-c2ccc(Br)cc2)n1CCc1ccccc1)NC1CC1. The summed E-state index contributed by atoms with van der Waals surface area (Å²) < 4.78 is 3.14. The van der Waals surface area contributed by atoms with E-state index in [2.05, 4.69) is 60.3 Å². The normalized spacial score (nSPS) is 13.5. The Balaban J connectivity index is 1.53. The molecule has 2 aromatic carbocycles. The molecule has 1 saturated carbocycles. The largest absolute Gasteiger partial charge is 0.353 e. The fourth-order valence-corrected chi connectivity index (χ4v) is 3.96. The van der Waals surface area contributed by atoms with E-state index >= 15 is 0 Å². The Morgan fingerprint density at radius 1 is 1.11 bits per heavy atom. The lowest BCUT2D eigenvalue weighted by atomic mass is 10.1. The molecule has 144 valence electrons. The fraction of sp³-hybridized carbons (Fsp3) is 0.286.